The second-order valence-electron chi connectivity index (χ2n) is 3.37. The number of thiazole rings is 1. The van der Waals surface area contributed by atoms with Gasteiger partial charge in [-0.1, -0.05) is 12.1 Å². The Kier molecular flexibility index (Phi) is 2.72. The Hall–Kier alpha value is -0.820. The molecular weight excluding hydrogens is 337 g/mol. The third-order valence-electron chi connectivity index (χ3n) is 2.28. The summed E-state index contributed by atoms with van der Waals surface area (Å²) in [4.78, 5) is 4.41. The Morgan fingerprint density at radius 1 is 1.31 bits per heavy atom. The number of hydrogen-bond donors (Lipinski definition) is 0. The van der Waals surface area contributed by atoms with E-state index in [4.69, 9.17) is 9.47 Å². The molecule has 1 aliphatic heterocycles. The molecule has 3 rings (SSSR count). The molecule has 0 amide bonds. The topological polar surface area (TPSA) is 31.4 Å². The van der Waals surface area contributed by atoms with Gasteiger partial charge in [-0.3, -0.25) is 0 Å². The number of nitrogens with zero attached hydrogens (tertiary/aromatic N) is 1. The lowest BCUT2D eigenvalue weighted by Crippen LogP contribution is -2.21. The lowest BCUT2D eigenvalue weighted by molar-refractivity contribution is 0.0910. The summed E-state index contributed by atoms with van der Waals surface area (Å²) < 4.78 is 12.5. The molecule has 0 N–H and O–H groups in total. The number of benzene rings is 1. The summed E-state index contributed by atoms with van der Waals surface area (Å²) in [7, 11) is 0. The van der Waals surface area contributed by atoms with Crippen LogP contribution in [-0.2, 0) is 0 Å². The van der Waals surface area contributed by atoms with E-state index < -0.39 is 0 Å². The fourth-order valence-electron chi connectivity index (χ4n) is 1.56. The van der Waals surface area contributed by atoms with Gasteiger partial charge in [-0.15, -0.1) is 11.3 Å². The molecule has 0 spiro atoms. The standard InChI is InChI=1S/C11H8INO2S/c12-10-6-16-11(13-10)9-5-14-7-3-1-2-4-8(7)15-9/h1-4,6,9H,5H2. The van der Waals surface area contributed by atoms with Crippen molar-refractivity contribution in [2.75, 3.05) is 6.61 Å². The Balaban J connectivity index is 1.88. The van der Waals surface area contributed by atoms with E-state index in [0.29, 0.717) is 6.61 Å². The molecule has 82 valence electrons. The van der Waals surface area contributed by atoms with Crippen molar-refractivity contribution in [3.05, 3.63) is 38.4 Å². The number of aromatic nitrogens is 1. The SMILES string of the molecule is Ic1csc(C2COc3ccccc3O2)n1. The Bertz CT molecular complexity index is 514. The van der Waals surface area contributed by atoms with Crippen molar-refractivity contribution >= 4 is 33.9 Å². The predicted molar refractivity (Wildman–Crippen MR) is 70.1 cm³/mol. The molecule has 0 saturated heterocycles. The van der Waals surface area contributed by atoms with Gasteiger partial charge in [0.2, 0.25) is 0 Å². The van der Waals surface area contributed by atoms with Crippen LogP contribution < -0.4 is 9.47 Å². The van der Waals surface area contributed by atoms with Crippen molar-refractivity contribution < 1.29 is 9.47 Å². The third-order valence-corrected chi connectivity index (χ3v) is 4.19. The van der Waals surface area contributed by atoms with E-state index in [0.717, 1.165) is 20.2 Å². The van der Waals surface area contributed by atoms with Crippen molar-refractivity contribution in [2.45, 2.75) is 6.10 Å². The summed E-state index contributed by atoms with van der Waals surface area (Å²) in [5.41, 5.74) is 0. The molecule has 0 fully saturated rings. The molecule has 2 aromatic rings. The molecular formula is C11H8INO2S. The number of ether oxygens (including phenoxy) is 2. The van der Waals surface area contributed by atoms with Gasteiger partial charge in [-0.25, -0.2) is 4.98 Å². The first-order valence-corrected chi connectivity index (χ1v) is 6.78. The van der Waals surface area contributed by atoms with Gasteiger partial charge in [-0.2, -0.15) is 0 Å². The average Bonchev–Trinajstić information content (AvgIpc) is 2.75. The summed E-state index contributed by atoms with van der Waals surface area (Å²) in [5.74, 6) is 1.61. The van der Waals surface area contributed by atoms with Gasteiger partial charge in [0.1, 0.15) is 15.3 Å². The summed E-state index contributed by atoms with van der Waals surface area (Å²) in [6, 6.07) is 7.71. The Morgan fingerprint density at radius 2 is 2.12 bits per heavy atom. The van der Waals surface area contributed by atoms with Crippen molar-refractivity contribution in [1.29, 1.82) is 0 Å². The molecule has 1 atom stereocenters. The first kappa shape index (κ1) is 10.3. The minimum Gasteiger partial charge on any atom is -0.485 e. The van der Waals surface area contributed by atoms with Crippen LogP contribution in [0.1, 0.15) is 11.1 Å². The second-order valence-corrected chi connectivity index (χ2v) is 5.37. The highest BCUT2D eigenvalue weighted by molar-refractivity contribution is 14.1. The largest absolute Gasteiger partial charge is 0.485 e. The summed E-state index contributed by atoms with van der Waals surface area (Å²) in [6.45, 7) is 0.528. The fraction of sp³-hybridized carbons (Fsp3) is 0.182. The highest BCUT2D eigenvalue weighted by atomic mass is 127. The van der Waals surface area contributed by atoms with E-state index in [1.54, 1.807) is 11.3 Å². The van der Waals surface area contributed by atoms with Crippen LogP contribution in [0.5, 0.6) is 11.5 Å². The van der Waals surface area contributed by atoms with Gasteiger partial charge in [0.15, 0.2) is 17.6 Å². The van der Waals surface area contributed by atoms with Crippen LogP contribution in [0.4, 0.5) is 0 Å². The zero-order valence-electron chi connectivity index (χ0n) is 8.22. The molecule has 0 bridgehead atoms. The van der Waals surface area contributed by atoms with Gasteiger partial charge in [0, 0.05) is 5.38 Å². The molecule has 2 heterocycles. The summed E-state index contributed by atoms with van der Waals surface area (Å²) in [6.07, 6.45) is -0.0802. The quantitative estimate of drug-likeness (QED) is 0.744. The first-order valence-electron chi connectivity index (χ1n) is 4.82. The highest BCUT2D eigenvalue weighted by Crippen LogP contribution is 2.36. The van der Waals surface area contributed by atoms with E-state index in [-0.39, 0.29) is 6.10 Å². The van der Waals surface area contributed by atoms with Gasteiger partial charge in [0.05, 0.1) is 0 Å². The van der Waals surface area contributed by atoms with Gasteiger partial charge < -0.3 is 9.47 Å². The number of hydrogen-bond acceptors (Lipinski definition) is 4. The normalized spacial score (nSPS) is 18.4. The van der Waals surface area contributed by atoms with Crippen LogP contribution in [0, 0.1) is 3.70 Å². The van der Waals surface area contributed by atoms with E-state index in [1.165, 1.54) is 0 Å². The van der Waals surface area contributed by atoms with Gasteiger partial charge in [-0.05, 0) is 34.7 Å². The summed E-state index contributed by atoms with van der Waals surface area (Å²) in [5, 5.41) is 2.98. The van der Waals surface area contributed by atoms with Crippen LogP contribution in [0.15, 0.2) is 29.6 Å². The van der Waals surface area contributed by atoms with Gasteiger partial charge >= 0.3 is 0 Å². The molecule has 16 heavy (non-hydrogen) atoms. The molecule has 0 saturated carbocycles. The molecule has 1 aliphatic rings. The van der Waals surface area contributed by atoms with Crippen LogP contribution in [0.3, 0.4) is 0 Å². The molecule has 5 heteroatoms. The summed E-state index contributed by atoms with van der Waals surface area (Å²) >= 11 is 3.81. The smallest absolute Gasteiger partial charge is 0.184 e. The van der Waals surface area contributed by atoms with E-state index in [9.17, 15) is 0 Å². The Morgan fingerprint density at radius 3 is 2.88 bits per heavy atom. The molecule has 1 aromatic carbocycles. The van der Waals surface area contributed by atoms with Crippen molar-refractivity contribution in [2.24, 2.45) is 0 Å². The second kappa shape index (κ2) is 4.21. The maximum atomic E-state index is 5.85. The first-order chi connectivity index (χ1) is 7.83. The molecule has 1 unspecified atom stereocenters. The Labute approximate surface area is 111 Å². The van der Waals surface area contributed by atoms with Crippen molar-refractivity contribution in [3.8, 4) is 11.5 Å². The zero-order chi connectivity index (χ0) is 11.0. The van der Waals surface area contributed by atoms with Crippen LogP contribution in [-0.4, -0.2) is 11.6 Å². The van der Waals surface area contributed by atoms with Crippen molar-refractivity contribution in [1.82, 2.24) is 4.98 Å². The lowest BCUT2D eigenvalue weighted by Gasteiger charge is -2.24. The van der Waals surface area contributed by atoms with Crippen LogP contribution in [0.25, 0.3) is 0 Å². The molecule has 1 aromatic heterocycles. The highest BCUT2D eigenvalue weighted by Gasteiger charge is 2.24. The lowest BCUT2D eigenvalue weighted by atomic mass is 10.3. The number of fused-ring (bicyclic) bond motifs is 1. The predicted octanol–water partition coefficient (Wildman–Crippen LogP) is 3.26. The molecule has 0 aliphatic carbocycles. The van der Waals surface area contributed by atoms with Crippen LogP contribution in [0.2, 0.25) is 0 Å². The average molecular weight is 345 g/mol. The van der Waals surface area contributed by atoms with Crippen molar-refractivity contribution in [3.63, 3.8) is 0 Å². The number of halogens is 1. The van der Waals surface area contributed by atoms with Crippen LogP contribution >= 0.6 is 33.9 Å². The van der Waals surface area contributed by atoms with E-state index in [2.05, 4.69) is 27.6 Å². The van der Waals surface area contributed by atoms with E-state index >= 15 is 0 Å². The minimum atomic E-state index is -0.0802. The maximum Gasteiger partial charge on any atom is 0.184 e. The number of para-hydroxylation sites is 2. The molecule has 3 nitrogen and oxygen atoms in total. The van der Waals surface area contributed by atoms with E-state index in [1.807, 2.05) is 29.6 Å². The maximum absolute atomic E-state index is 5.85. The monoisotopic (exact) mass is 345 g/mol. The minimum absolute atomic E-state index is 0.0802. The number of rotatable bonds is 1. The fourth-order valence-corrected chi connectivity index (χ4v) is 3.05. The third kappa shape index (κ3) is 1.89. The molecule has 0 radical (unpaired) electrons. The van der Waals surface area contributed by atoms with Gasteiger partial charge in [0.25, 0.3) is 0 Å². The zero-order valence-corrected chi connectivity index (χ0v) is 11.2.